The van der Waals surface area contributed by atoms with Gasteiger partial charge in [-0.1, -0.05) is 19.3 Å². The number of rotatable bonds is 4. The topological polar surface area (TPSA) is 48.7 Å². The van der Waals surface area contributed by atoms with Gasteiger partial charge < -0.3 is 5.32 Å². The number of nitrogens with one attached hydrogen (secondary N) is 1. The molecule has 1 aliphatic rings. The van der Waals surface area contributed by atoms with Crippen molar-refractivity contribution in [2.24, 2.45) is 5.92 Å². The normalized spacial score (nSPS) is 15.4. The van der Waals surface area contributed by atoms with Gasteiger partial charge in [0.05, 0.1) is 11.6 Å². The van der Waals surface area contributed by atoms with Gasteiger partial charge in [0, 0.05) is 12.7 Å². The van der Waals surface area contributed by atoms with E-state index in [1.54, 1.807) is 18.3 Å². The summed E-state index contributed by atoms with van der Waals surface area (Å²) in [7, 11) is 0. The first-order valence-corrected chi connectivity index (χ1v) is 5.48. The number of anilines is 1. The van der Waals surface area contributed by atoms with Gasteiger partial charge in [0.2, 0.25) is 0 Å². The zero-order chi connectivity index (χ0) is 10.5. The Bertz CT molecular complexity index is 363. The summed E-state index contributed by atoms with van der Waals surface area (Å²) in [6, 6.07) is 5.62. The summed E-state index contributed by atoms with van der Waals surface area (Å²) in [6.07, 6.45) is 7.05. The van der Waals surface area contributed by atoms with E-state index in [1.165, 1.54) is 25.7 Å². The number of hydrogen-bond acceptors (Lipinski definition) is 3. The second-order valence-electron chi connectivity index (χ2n) is 4.05. The number of pyridine rings is 1. The third-order valence-corrected chi connectivity index (χ3v) is 2.97. The van der Waals surface area contributed by atoms with E-state index in [1.807, 2.05) is 0 Å². The summed E-state index contributed by atoms with van der Waals surface area (Å²) in [6.45, 7) is 0.965. The first-order chi connectivity index (χ1) is 7.38. The lowest BCUT2D eigenvalue weighted by molar-refractivity contribution is 0.303. The third kappa shape index (κ3) is 2.69. The molecule has 0 aromatic carbocycles. The van der Waals surface area contributed by atoms with E-state index in [4.69, 9.17) is 5.26 Å². The quantitative estimate of drug-likeness (QED) is 0.814. The molecule has 1 N–H and O–H groups in total. The molecule has 3 heteroatoms. The van der Waals surface area contributed by atoms with Crippen molar-refractivity contribution in [2.45, 2.75) is 25.7 Å². The molecule has 0 bridgehead atoms. The highest BCUT2D eigenvalue weighted by Crippen LogP contribution is 2.29. The number of nitriles is 1. The number of aromatic nitrogens is 1. The molecule has 0 spiro atoms. The molecule has 0 aliphatic heterocycles. The van der Waals surface area contributed by atoms with Crippen molar-refractivity contribution < 1.29 is 0 Å². The molecule has 1 fully saturated rings. The van der Waals surface area contributed by atoms with Crippen LogP contribution >= 0.6 is 0 Å². The summed E-state index contributed by atoms with van der Waals surface area (Å²) < 4.78 is 0. The van der Waals surface area contributed by atoms with Gasteiger partial charge >= 0.3 is 0 Å². The van der Waals surface area contributed by atoms with Crippen molar-refractivity contribution in [1.82, 2.24) is 4.98 Å². The SMILES string of the molecule is N#Cc1ccnc(NCCC2CCC2)c1. The van der Waals surface area contributed by atoms with Crippen LogP contribution in [0.3, 0.4) is 0 Å². The van der Waals surface area contributed by atoms with Crippen molar-refractivity contribution in [3.8, 4) is 6.07 Å². The predicted octanol–water partition coefficient (Wildman–Crippen LogP) is 2.56. The second kappa shape index (κ2) is 4.79. The summed E-state index contributed by atoms with van der Waals surface area (Å²) in [4.78, 5) is 4.17. The standard InChI is InChI=1S/C12H15N3/c13-9-11-5-7-15-12(8-11)14-6-4-10-2-1-3-10/h5,7-8,10H,1-4,6H2,(H,14,15). The molecule has 0 radical (unpaired) electrons. The van der Waals surface area contributed by atoms with Crippen LogP contribution in [-0.2, 0) is 0 Å². The van der Waals surface area contributed by atoms with E-state index >= 15 is 0 Å². The minimum atomic E-state index is 0.663. The monoisotopic (exact) mass is 201 g/mol. The van der Waals surface area contributed by atoms with E-state index in [9.17, 15) is 0 Å². The fourth-order valence-corrected chi connectivity index (χ4v) is 1.78. The average Bonchev–Trinajstić information content (AvgIpc) is 2.22. The Hall–Kier alpha value is -1.56. The molecule has 1 saturated carbocycles. The highest BCUT2D eigenvalue weighted by molar-refractivity contribution is 5.42. The largest absolute Gasteiger partial charge is 0.370 e. The maximum atomic E-state index is 8.72. The molecule has 0 unspecified atom stereocenters. The fraction of sp³-hybridized carbons (Fsp3) is 0.500. The minimum absolute atomic E-state index is 0.663. The zero-order valence-electron chi connectivity index (χ0n) is 8.74. The van der Waals surface area contributed by atoms with Crippen molar-refractivity contribution in [1.29, 1.82) is 5.26 Å². The van der Waals surface area contributed by atoms with Crippen LogP contribution in [-0.4, -0.2) is 11.5 Å². The molecular formula is C12H15N3. The zero-order valence-corrected chi connectivity index (χ0v) is 8.74. The Labute approximate surface area is 90.1 Å². The lowest BCUT2D eigenvalue weighted by atomic mass is 9.83. The van der Waals surface area contributed by atoms with Crippen LogP contribution in [0.2, 0.25) is 0 Å². The summed E-state index contributed by atoms with van der Waals surface area (Å²) in [5.41, 5.74) is 0.663. The molecular weight excluding hydrogens is 186 g/mol. The van der Waals surface area contributed by atoms with E-state index in [-0.39, 0.29) is 0 Å². The molecule has 1 aliphatic carbocycles. The molecule has 1 aromatic heterocycles. The molecule has 0 saturated heterocycles. The summed E-state index contributed by atoms with van der Waals surface area (Å²) in [5, 5.41) is 12.0. The first-order valence-electron chi connectivity index (χ1n) is 5.48. The molecule has 1 aromatic rings. The van der Waals surface area contributed by atoms with Gasteiger partial charge in [-0.05, 0) is 24.5 Å². The van der Waals surface area contributed by atoms with Crippen molar-refractivity contribution in [3.63, 3.8) is 0 Å². The Kier molecular flexibility index (Phi) is 3.18. The second-order valence-corrected chi connectivity index (χ2v) is 4.05. The average molecular weight is 201 g/mol. The van der Waals surface area contributed by atoms with Gasteiger partial charge in [0.25, 0.3) is 0 Å². The highest BCUT2D eigenvalue weighted by Gasteiger charge is 2.16. The van der Waals surface area contributed by atoms with Crippen LogP contribution in [0.5, 0.6) is 0 Å². The number of nitrogens with zero attached hydrogens (tertiary/aromatic N) is 2. The van der Waals surface area contributed by atoms with Crippen LogP contribution in [0.25, 0.3) is 0 Å². The van der Waals surface area contributed by atoms with E-state index in [2.05, 4.69) is 16.4 Å². The Morgan fingerprint density at radius 1 is 1.53 bits per heavy atom. The lowest BCUT2D eigenvalue weighted by Crippen LogP contribution is -2.15. The summed E-state index contributed by atoms with van der Waals surface area (Å²) >= 11 is 0. The van der Waals surface area contributed by atoms with Gasteiger partial charge in [-0.25, -0.2) is 4.98 Å². The smallest absolute Gasteiger partial charge is 0.127 e. The van der Waals surface area contributed by atoms with Crippen molar-refractivity contribution >= 4 is 5.82 Å². The van der Waals surface area contributed by atoms with Crippen molar-refractivity contribution in [3.05, 3.63) is 23.9 Å². The molecule has 2 rings (SSSR count). The van der Waals surface area contributed by atoms with Gasteiger partial charge in [0.1, 0.15) is 5.82 Å². The van der Waals surface area contributed by atoms with Crippen LogP contribution in [0.1, 0.15) is 31.2 Å². The maximum Gasteiger partial charge on any atom is 0.127 e. The van der Waals surface area contributed by atoms with Crippen LogP contribution < -0.4 is 5.32 Å². The van der Waals surface area contributed by atoms with E-state index < -0.39 is 0 Å². The Morgan fingerprint density at radius 2 is 2.40 bits per heavy atom. The fourth-order valence-electron chi connectivity index (χ4n) is 1.78. The van der Waals surface area contributed by atoms with E-state index in [0.717, 1.165) is 18.3 Å². The predicted molar refractivity (Wildman–Crippen MR) is 59.4 cm³/mol. The molecule has 0 atom stereocenters. The van der Waals surface area contributed by atoms with Gasteiger partial charge in [-0.15, -0.1) is 0 Å². The van der Waals surface area contributed by atoms with Crippen LogP contribution in [0, 0.1) is 17.2 Å². The molecule has 3 nitrogen and oxygen atoms in total. The molecule has 0 amide bonds. The third-order valence-electron chi connectivity index (χ3n) is 2.97. The maximum absolute atomic E-state index is 8.72. The van der Waals surface area contributed by atoms with Crippen LogP contribution in [0.15, 0.2) is 18.3 Å². The Morgan fingerprint density at radius 3 is 3.07 bits per heavy atom. The molecule has 1 heterocycles. The summed E-state index contributed by atoms with van der Waals surface area (Å²) in [5.74, 6) is 1.73. The highest BCUT2D eigenvalue weighted by atomic mass is 15.0. The molecule has 15 heavy (non-hydrogen) atoms. The first kappa shape index (κ1) is 9.97. The van der Waals surface area contributed by atoms with Gasteiger partial charge in [-0.3, -0.25) is 0 Å². The van der Waals surface area contributed by atoms with Gasteiger partial charge in [0.15, 0.2) is 0 Å². The van der Waals surface area contributed by atoms with Crippen LogP contribution in [0.4, 0.5) is 5.82 Å². The Balaban J connectivity index is 1.79. The number of hydrogen-bond donors (Lipinski definition) is 1. The van der Waals surface area contributed by atoms with E-state index in [0.29, 0.717) is 5.56 Å². The minimum Gasteiger partial charge on any atom is -0.370 e. The lowest BCUT2D eigenvalue weighted by Gasteiger charge is -2.25. The molecule has 78 valence electrons. The van der Waals surface area contributed by atoms with Crippen molar-refractivity contribution in [2.75, 3.05) is 11.9 Å². The van der Waals surface area contributed by atoms with Gasteiger partial charge in [-0.2, -0.15) is 5.26 Å².